The highest BCUT2D eigenvalue weighted by atomic mass is 19.1. The van der Waals surface area contributed by atoms with Crippen LogP contribution in [0.25, 0.3) is 0 Å². The van der Waals surface area contributed by atoms with Crippen molar-refractivity contribution in [1.29, 1.82) is 0 Å². The maximum Gasteiger partial charge on any atom is 0.232 e. The van der Waals surface area contributed by atoms with Gasteiger partial charge >= 0.3 is 0 Å². The highest BCUT2D eigenvalue weighted by molar-refractivity contribution is 5.91. The first-order valence-corrected chi connectivity index (χ1v) is 9.72. The summed E-state index contributed by atoms with van der Waals surface area (Å²) >= 11 is 0. The first-order valence-electron chi connectivity index (χ1n) is 9.72. The highest BCUT2D eigenvalue weighted by Gasteiger charge is 2.21. The molecule has 0 aliphatic heterocycles. The van der Waals surface area contributed by atoms with E-state index in [1.807, 2.05) is 12.1 Å². The van der Waals surface area contributed by atoms with E-state index in [1.54, 1.807) is 24.3 Å². The van der Waals surface area contributed by atoms with Crippen LogP contribution < -0.4 is 14.2 Å². The van der Waals surface area contributed by atoms with E-state index in [1.165, 1.54) is 38.2 Å². The molecule has 0 radical (unpaired) electrons. The number of carbonyl (C=O) groups excluding carboxylic acids is 1. The number of rotatable bonds is 9. The van der Waals surface area contributed by atoms with Crippen LogP contribution in [0.15, 0.2) is 54.9 Å². The molecule has 6 nitrogen and oxygen atoms in total. The lowest BCUT2D eigenvalue weighted by Crippen LogP contribution is -2.03. The second-order valence-electron chi connectivity index (χ2n) is 7.17. The Morgan fingerprint density at radius 1 is 1.03 bits per heavy atom. The number of nitrogens with zero attached hydrogens (tertiary/aromatic N) is 2. The SMILES string of the molecule is CC(=O)c1cnc(OCc2ccc(Oc3cccc(OCC4CC4)c3)cc2F)cn1. The van der Waals surface area contributed by atoms with Crippen molar-refractivity contribution >= 4 is 5.78 Å². The van der Waals surface area contributed by atoms with Gasteiger partial charge in [-0.05, 0) is 43.0 Å². The van der Waals surface area contributed by atoms with E-state index in [9.17, 15) is 9.18 Å². The Morgan fingerprint density at radius 2 is 1.83 bits per heavy atom. The molecule has 1 saturated carbocycles. The van der Waals surface area contributed by atoms with Gasteiger partial charge in [0.15, 0.2) is 5.78 Å². The van der Waals surface area contributed by atoms with Gasteiger partial charge in [0.1, 0.15) is 35.4 Å². The van der Waals surface area contributed by atoms with Crippen LogP contribution in [0.2, 0.25) is 0 Å². The standard InChI is InChI=1S/C23H21FN2O4/c1-15(27)22-11-26-23(12-25-22)29-14-17-7-8-20(10-21(17)24)30-19-4-2-3-18(9-19)28-13-16-5-6-16/h2-4,7-12,16H,5-6,13-14H2,1H3. The molecule has 30 heavy (non-hydrogen) atoms. The van der Waals surface area contributed by atoms with Crippen LogP contribution >= 0.6 is 0 Å². The van der Waals surface area contributed by atoms with E-state index in [0.717, 1.165) is 5.75 Å². The first kappa shape index (κ1) is 19.8. The first-order chi connectivity index (χ1) is 14.6. The quantitative estimate of drug-likeness (QED) is 0.465. The van der Waals surface area contributed by atoms with Gasteiger partial charge in [-0.2, -0.15) is 0 Å². The number of aromatic nitrogens is 2. The molecule has 2 aromatic carbocycles. The normalized spacial score (nSPS) is 13.0. The van der Waals surface area contributed by atoms with Crippen LogP contribution in [0.5, 0.6) is 23.1 Å². The number of hydrogen-bond acceptors (Lipinski definition) is 6. The summed E-state index contributed by atoms with van der Waals surface area (Å²) in [6, 6.07) is 11.9. The lowest BCUT2D eigenvalue weighted by atomic mass is 10.2. The van der Waals surface area contributed by atoms with Gasteiger partial charge in [0.05, 0.1) is 19.0 Å². The van der Waals surface area contributed by atoms with Crippen LogP contribution in [0.1, 0.15) is 35.8 Å². The number of hydrogen-bond donors (Lipinski definition) is 0. The Bertz CT molecular complexity index is 1040. The molecule has 7 heteroatoms. The minimum Gasteiger partial charge on any atom is -0.493 e. The molecule has 0 amide bonds. The number of carbonyl (C=O) groups is 1. The van der Waals surface area contributed by atoms with Crippen LogP contribution in [0.3, 0.4) is 0 Å². The third kappa shape index (κ3) is 5.31. The molecule has 4 rings (SSSR count). The van der Waals surface area contributed by atoms with E-state index in [4.69, 9.17) is 14.2 Å². The largest absolute Gasteiger partial charge is 0.493 e. The van der Waals surface area contributed by atoms with E-state index < -0.39 is 5.82 Å². The maximum atomic E-state index is 14.5. The third-order valence-corrected chi connectivity index (χ3v) is 4.61. The molecule has 0 unspecified atom stereocenters. The monoisotopic (exact) mass is 408 g/mol. The summed E-state index contributed by atoms with van der Waals surface area (Å²) in [6.45, 7) is 2.10. The molecular weight excluding hydrogens is 387 g/mol. The summed E-state index contributed by atoms with van der Waals surface area (Å²) in [5, 5.41) is 0. The summed E-state index contributed by atoms with van der Waals surface area (Å²) in [4.78, 5) is 19.1. The topological polar surface area (TPSA) is 70.5 Å². The van der Waals surface area contributed by atoms with Gasteiger partial charge in [0.25, 0.3) is 0 Å². The average molecular weight is 408 g/mol. The van der Waals surface area contributed by atoms with Crippen molar-refractivity contribution in [2.75, 3.05) is 6.61 Å². The molecular formula is C23H21FN2O4. The van der Waals surface area contributed by atoms with Crippen molar-refractivity contribution < 1.29 is 23.4 Å². The molecule has 3 aromatic rings. The van der Waals surface area contributed by atoms with Crippen LogP contribution in [0.4, 0.5) is 4.39 Å². The molecule has 0 bridgehead atoms. The number of benzene rings is 2. The zero-order chi connectivity index (χ0) is 20.9. The van der Waals surface area contributed by atoms with Gasteiger partial charge in [0.2, 0.25) is 5.88 Å². The zero-order valence-electron chi connectivity index (χ0n) is 16.5. The fourth-order valence-corrected chi connectivity index (χ4v) is 2.69. The molecule has 0 atom stereocenters. The van der Waals surface area contributed by atoms with Crippen molar-refractivity contribution in [1.82, 2.24) is 9.97 Å². The van der Waals surface area contributed by atoms with Crippen LogP contribution in [-0.2, 0) is 6.61 Å². The van der Waals surface area contributed by atoms with Crippen LogP contribution in [-0.4, -0.2) is 22.4 Å². The second kappa shape index (κ2) is 8.90. The van der Waals surface area contributed by atoms with Crippen molar-refractivity contribution in [2.24, 2.45) is 5.92 Å². The Labute approximate surface area is 173 Å². The molecule has 1 aliphatic rings. The fourth-order valence-electron chi connectivity index (χ4n) is 2.69. The molecule has 154 valence electrons. The highest BCUT2D eigenvalue weighted by Crippen LogP contribution is 2.31. The van der Waals surface area contributed by atoms with Gasteiger partial charge in [-0.3, -0.25) is 4.79 Å². The number of ether oxygens (including phenoxy) is 3. The lowest BCUT2D eigenvalue weighted by molar-refractivity contribution is 0.101. The lowest BCUT2D eigenvalue weighted by Gasteiger charge is -2.11. The zero-order valence-corrected chi connectivity index (χ0v) is 16.5. The van der Waals surface area contributed by atoms with Crippen LogP contribution in [0, 0.1) is 11.7 Å². The smallest absolute Gasteiger partial charge is 0.232 e. The molecule has 0 spiro atoms. The minimum atomic E-state index is -0.457. The Morgan fingerprint density at radius 3 is 2.53 bits per heavy atom. The van der Waals surface area contributed by atoms with E-state index in [-0.39, 0.29) is 24.0 Å². The molecule has 1 heterocycles. The summed E-state index contributed by atoms with van der Waals surface area (Å²) in [5.74, 6) is 1.92. The Kier molecular flexibility index (Phi) is 5.88. The average Bonchev–Trinajstić information content (AvgIpc) is 3.57. The van der Waals surface area contributed by atoms with Gasteiger partial charge < -0.3 is 14.2 Å². The summed E-state index contributed by atoms with van der Waals surface area (Å²) in [5.41, 5.74) is 0.596. The minimum absolute atomic E-state index is 0.0231. The van der Waals surface area contributed by atoms with Crippen molar-refractivity contribution in [3.63, 3.8) is 0 Å². The van der Waals surface area contributed by atoms with Crippen molar-refractivity contribution in [3.05, 3.63) is 71.9 Å². The Hall–Kier alpha value is -3.48. The molecule has 1 fully saturated rings. The molecule has 0 N–H and O–H groups in total. The number of ketones is 1. The van der Waals surface area contributed by atoms with Crippen molar-refractivity contribution in [2.45, 2.75) is 26.4 Å². The fraction of sp³-hybridized carbons (Fsp3) is 0.261. The maximum absolute atomic E-state index is 14.5. The van der Waals surface area contributed by atoms with E-state index in [0.29, 0.717) is 29.6 Å². The summed E-state index contributed by atoms with van der Waals surface area (Å²) < 4.78 is 31.4. The van der Waals surface area contributed by atoms with Gasteiger partial charge in [-0.15, -0.1) is 0 Å². The second-order valence-corrected chi connectivity index (χ2v) is 7.17. The number of halogens is 1. The number of Topliss-reactive ketones (excluding diaryl/α,β-unsaturated/α-hetero) is 1. The van der Waals surface area contributed by atoms with E-state index >= 15 is 0 Å². The Balaban J connectivity index is 1.35. The summed E-state index contributed by atoms with van der Waals surface area (Å²) in [6.07, 6.45) is 5.11. The molecule has 1 aliphatic carbocycles. The predicted molar refractivity (Wildman–Crippen MR) is 108 cm³/mol. The van der Waals surface area contributed by atoms with Gasteiger partial charge in [-0.1, -0.05) is 6.07 Å². The predicted octanol–water partition coefficient (Wildman–Crippen LogP) is 4.98. The third-order valence-electron chi connectivity index (χ3n) is 4.61. The van der Waals surface area contributed by atoms with Crippen molar-refractivity contribution in [3.8, 4) is 23.1 Å². The molecule has 1 aromatic heterocycles. The van der Waals surface area contributed by atoms with Gasteiger partial charge in [0, 0.05) is 24.6 Å². The van der Waals surface area contributed by atoms with E-state index in [2.05, 4.69) is 9.97 Å². The molecule has 0 saturated heterocycles. The van der Waals surface area contributed by atoms with Gasteiger partial charge in [-0.25, -0.2) is 14.4 Å². The summed E-state index contributed by atoms with van der Waals surface area (Å²) in [7, 11) is 0.